The average Bonchev–Trinajstić information content (AvgIpc) is 2.67. The molecule has 1 aliphatic rings. The second-order valence-corrected chi connectivity index (χ2v) is 6.19. The van der Waals surface area contributed by atoms with Crippen LogP contribution in [0.1, 0.15) is 33.0 Å². The maximum Gasteiger partial charge on any atom is 0.306 e. The number of carbonyl (C=O) groups excluding carboxylic acids is 1. The normalized spacial score (nSPS) is 16.9. The van der Waals surface area contributed by atoms with Crippen molar-refractivity contribution in [2.45, 2.75) is 26.7 Å². The summed E-state index contributed by atoms with van der Waals surface area (Å²) in [7, 11) is 0. The number of aryl methyl sites for hydroxylation is 2. The Balaban J connectivity index is 2.04. The molecule has 18 heavy (non-hydrogen) atoms. The van der Waals surface area contributed by atoms with Crippen molar-refractivity contribution < 1.29 is 14.7 Å². The van der Waals surface area contributed by atoms with Gasteiger partial charge >= 0.3 is 5.97 Å². The third-order valence-electron chi connectivity index (χ3n) is 3.40. The molecule has 1 saturated heterocycles. The summed E-state index contributed by atoms with van der Waals surface area (Å²) in [5.74, 6) is -0.996. The molecular formula is C13H17NO3S. The number of aliphatic carboxylic acids is 1. The van der Waals surface area contributed by atoms with Crippen LogP contribution in [0.4, 0.5) is 0 Å². The smallest absolute Gasteiger partial charge is 0.306 e. The van der Waals surface area contributed by atoms with E-state index >= 15 is 0 Å². The number of piperidine rings is 1. The van der Waals surface area contributed by atoms with E-state index in [1.165, 1.54) is 0 Å². The number of carboxylic acid groups (broad SMARTS) is 1. The van der Waals surface area contributed by atoms with Gasteiger partial charge in [0.25, 0.3) is 5.91 Å². The highest BCUT2D eigenvalue weighted by atomic mass is 32.1. The number of amides is 1. The van der Waals surface area contributed by atoms with Gasteiger partial charge in [0.15, 0.2) is 0 Å². The molecule has 1 aromatic heterocycles. The van der Waals surface area contributed by atoms with E-state index in [0.717, 1.165) is 15.3 Å². The summed E-state index contributed by atoms with van der Waals surface area (Å²) in [5.41, 5.74) is 0.770. The monoisotopic (exact) mass is 267 g/mol. The Morgan fingerprint density at radius 3 is 2.39 bits per heavy atom. The molecule has 2 heterocycles. The fraction of sp³-hybridized carbons (Fsp3) is 0.538. The molecule has 1 aliphatic heterocycles. The zero-order chi connectivity index (χ0) is 13.3. The molecular weight excluding hydrogens is 250 g/mol. The summed E-state index contributed by atoms with van der Waals surface area (Å²) in [6.45, 7) is 5.04. The van der Waals surface area contributed by atoms with E-state index in [-0.39, 0.29) is 11.8 Å². The van der Waals surface area contributed by atoms with Crippen molar-refractivity contribution in [2.75, 3.05) is 13.1 Å². The van der Waals surface area contributed by atoms with E-state index in [1.54, 1.807) is 16.2 Å². The number of carboxylic acids is 1. The maximum absolute atomic E-state index is 12.3. The third-order valence-corrected chi connectivity index (χ3v) is 4.37. The molecule has 0 saturated carbocycles. The lowest BCUT2D eigenvalue weighted by Gasteiger charge is -2.30. The first-order chi connectivity index (χ1) is 8.49. The molecule has 0 radical (unpaired) electrons. The summed E-state index contributed by atoms with van der Waals surface area (Å²) in [6, 6.07) is 1.92. The Labute approximate surface area is 110 Å². The van der Waals surface area contributed by atoms with Gasteiger partial charge < -0.3 is 10.0 Å². The fourth-order valence-corrected chi connectivity index (χ4v) is 3.26. The minimum Gasteiger partial charge on any atom is -0.481 e. The van der Waals surface area contributed by atoms with Crippen LogP contribution >= 0.6 is 11.3 Å². The molecule has 2 rings (SSSR count). The zero-order valence-electron chi connectivity index (χ0n) is 10.6. The van der Waals surface area contributed by atoms with Crippen LogP contribution in [-0.2, 0) is 4.79 Å². The second kappa shape index (κ2) is 5.10. The van der Waals surface area contributed by atoms with E-state index in [1.807, 2.05) is 19.9 Å². The second-order valence-electron chi connectivity index (χ2n) is 4.73. The number of hydrogen-bond donors (Lipinski definition) is 1. The molecule has 1 aromatic rings. The number of thiophene rings is 1. The van der Waals surface area contributed by atoms with Gasteiger partial charge in [0.2, 0.25) is 0 Å². The molecule has 0 atom stereocenters. The summed E-state index contributed by atoms with van der Waals surface area (Å²) in [4.78, 5) is 27.1. The first-order valence-electron chi connectivity index (χ1n) is 6.08. The number of nitrogens with zero attached hydrogens (tertiary/aromatic N) is 1. The SMILES string of the molecule is Cc1cc(C(=O)N2CCC(C(=O)O)CC2)c(C)s1. The van der Waals surface area contributed by atoms with Crippen molar-refractivity contribution in [2.24, 2.45) is 5.92 Å². The lowest BCUT2D eigenvalue weighted by atomic mass is 9.96. The van der Waals surface area contributed by atoms with E-state index in [2.05, 4.69) is 0 Å². The Morgan fingerprint density at radius 1 is 1.33 bits per heavy atom. The Kier molecular flexibility index (Phi) is 3.71. The molecule has 1 N–H and O–H groups in total. The molecule has 1 amide bonds. The minimum absolute atomic E-state index is 0.0423. The predicted octanol–water partition coefficient (Wildman–Crippen LogP) is 2.30. The molecule has 1 fully saturated rings. The molecule has 0 aliphatic carbocycles. The van der Waals surface area contributed by atoms with E-state index in [0.29, 0.717) is 25.9 Å². The van der Waals surface area contributed by atoms with Crippen LogP contribution in [0.2, 0.25) is 0 Å². The van der Waals surface area contributed by atoms with Gasteiger partial charge in [0, 0.05) is 22.8 Å². The molecule has 0 spiro atoms. The average molecular weight is 267 g/mol. The number of likely N-dealkylation sites (tertiary alicyclic amines) is 1. The first kappa shape index (κ1) is 13.1. The molecule has 5 heteroatoms. The standard InChI is InChI=1S/C13H17NO3S/c1-8-7-11(9(2)18-8)12(15)14-5-3-10(4-6-14)13(16)17/h7,10H,3-6H2,1-2H3,(H,16,17). The van der Waals surface area contributed by atoms with Crippen LogP contribution in [0.3, 0.4) is 0 Å². The highest BCUT2D eigenvalue weighted by molar-refractivity contribution is 7.12. The molecule has 0 aromatic carbocycles. The minimum atomic E-state index is -0.746. The van der Waals surface area contributed by atoms with E-state index < -0.39 is 5.97 Å². The summed E-state index contributed by atoms with van der Waals surface area (Å²) in [5, 5.41) is 8.93. The zero-order valence-corrected chi connectivity index (χ0v) is 11.4. The van der Waals surface area contributed by atoms with Crippen LogP contribution in [0.5, 0.6) is 0 Å². The van der Waals surface area contributed by atoms with Gasteiger partial charge in [-0.2, -0.15) is 0 Å². The third kappa shape index (κ3) is 2.56. The highest BCUT2D eigenvalue weighted by Gasteiger charge is 2.28. The van der Waals surface area contributed by atoms with Gasteiger partial charge in [-0.05, 0) is 32.8 Å². The van der Waals surface area contributed by atoms with Crippen molar-refractivity contribution in [1.29, 1.82) is 0 Å². The van der Waals surface area contributed by atoms with Crippen LogP contribution in [0, 0.1) is 19.8 Å². The van der Waals surface area contributed by atoms with Crippen molar-refractivity contribution >= 4 is 23.2 Å². The lowest BCUT2D eigenvalue weighted by Crippen LogP contribution is -2.40. The summed E-state index contributed by atoms with van der Waals surface area (Å²) >= 11 is 1.63. The lowest BCUT2D eigenvalue weighted by molar-refractivity contribution is -0.143. The maximum atomic E-state index is 12.3. The van der Waals surface area contributed by atoms with Crippen LogP contribution in [0.25, 0.3) is 0 Å². The van der Waals surface area contributed by atoms with Crippen LogP contribution < -0.4 is 0 Å². The van der Waals surface area contributed by atoms with Gasteiger partial charge in [-0.3, -0.25) is 9.59 Å². The van der Waals surface area contributed by atoms with Crippen molar-refractivity contribution in [3.63, 3.8) is 0 Å². The number of hydrogen-bond acceptors (Lipinski definition) is 3. The van der Waals surface area contributed by atoms with Gasteiger partial charge in [-0.1, -0.05) is 0 Å². The van der Waals surface area contributed by atoms with Crippen molar-refractivity contribution in [3.05, 3.63) is 21.4 Å². The van der Waals surface area contributed by atoms with Crippen molar-refractivity contribution in [3.8, 4) is 0 Å². The summed E-state index contributed by atoms with van der Waals surface area (Å²) in [6.07, 6.45) is 1.12. The Bertz CT molecular complexity index is 473. The van der Waals surface area contributed by atoms with Gasteiger partial charge in [0.1, 0.15) is 0 Å². The van der Waals surface area contributed by atoms with Crippen LogP contribution in [-0.4, -0.2) is 35.0 Å². The van der Waals surface area contributed by atoms with Crippen molar-refractivity contribution in [1.82, 2.24) is 4.90 Å². The topological polar surface area (TPSA) is 57.6 Å². The van der Waals surface area contributed by atoms with Crippen LogP contribution in [0.15, 0.2) is 6.07 Å². The van der Waals surface area contributed by atoms with E-state index in [4.69, 9.17) is 5.11 Å². The molecule has 4 nitrogen and oxygen atoms in total. The van der Waals surface area contributed by atoms with Gasteiger partial charge in [-0.25, -0.2) is 0 Å². The molecule has 98 valence electrons. The predicted molar refractivity (Wildman–Crippen MR) is 70.1 cm³/mol. The fourth-order valence-electron chi connectivity index (χ4n) is 2.34. The highest BCUT2D eigenvalue weighted by Crippen LogP contribution is 2.24. The quantitative estimate of drug-likeness (QED) is 0.894. The molecule has 0 bridgehead atoms. The van der Waals surface area contributed by atoms with E-state index in [9.17, 15) is 9.59 Å². The summed E-state index contributed by atoms with van der Waals surface area (Å²) < 4.78 is 0. The Morgan fingerprint density at radius 2 is 1.94 bits per heavy atom. The first-order valence-corrected chi connectivity index (χ1v) is 6.90. The van der Waals surface area contributed by atoms with Gasteiger partial charge in [-0.15, -0.1) is 11.3 Å². The number of rotatable bonds is 2. The van der Waals surface area contributed by atoms with Gasteiger partial charge in [0.05, 0.1) is 11.5 Å². The molecule has 0 unspecified atom stereocenters. The number of carbonyl (C=O) groups is 2. The largest absolute Gasteiger partial charge is 0.481 e. The Hall–Kier alpha value is -1.36.